The average Bonchev–Trinajstić information content (AvgIpc) is 2.59. The lowest BCUT2D eigenvalue weighted by molar-refractivity contribution is -0.139. The maximum atomic E-state index is 13.3. The van der Waals surface area contributed by atoms with E-state index in [1.54, 1.807) is 13.0 Å². The number of unbranched alkanes of at least 4 members (excludes halogenated alkanes) is 1. The smallest absolute Gasteiger partial charge is 0.370 e. The van der Waals surface area contributed by atoms with E-state index in [9.17, 15) is 22.4 Å². The molecule has 0 unspecified atom stereocenters. The molecule has 5 N–H and O–H groups in total. The molecule has 0 aliphatic heterocycles. The lowest BCUT2D eigenvalue weighted by atomic mass is 10.2. The van der Waals surface area contributed by atoms with Gasteiger partial charge >= 0.3 is 12.2 Å². The van der Waals surface area contributed by atoms with Crippen molar-refractivity contribution in [1.82, 2.24) is 9.97 Å². The summed E-state index contributed by atoms with van der Waals surface area (Å²) in [5, 5.41) is 7.61. The Balaban J connectivity index is 2.04. The van der Waals surface area contributed by atoms with Crippen LogP contribution in [0, 0.1) is 12.7 Å². The quantitative estimate of drug-likeness (QED) is 0.419. The number of nitrogens with one attached hydrogen (secondary N) is 3. The van der Waals surface area contributed by atoms with Crippen LogP contribution in [0.25, 0.3) is 0 Å². The van der Waals surface area contributed by atoms with E-state index < -0.39 is 23.6 Å². The third-order valence-corrected chi connectivity index (χ3v) is 3.55. The maximum Gasteiger partial charge on any atom is 0.419 e. The van der Waals surface area contributed by atoms with E-state index in [-0.39, 0.29) is 11.6 Å². The van der Waals surface area contributed by atoms with Gasteiger partial charge < -0.3 is 16.4 Å². The Labute approximate surface area is 158 Å². The van der Waals surface area contributed by atoms with Crippen LogP contribution in [0.1, 0.15) is 24.1 Å². The highest BCUT2D eigenvalue weighted by Crippen LogP contribution is 2.33. The Kier molecular flexibility index (Phi) is 7.10. The minimum absolute atomic E-state index is 0.0306. The maximum absolute atomic E-state index is 13.3. The average molecular weight is 400 g/mol. The van der Waals surface area contributed by atoms with Crippen LogP contribution in [-0.4, -0.2) is 29.1 Å². The molecule has 0 saturated heterocycles. The van der Waals surface area contributed by atoms with Gasteiger partial charge in [-0.1, -0.05) is 0 Å². The number of rotatable bonds is 7. The van der Waals surface area contributed by atoms with Crippen LogP contribution in [0.5, 0.6) is 0 Å². The van der Waals surface area contributed by atoms with E-state index >= 15 is 0 Å². The van der Waals surface area contributed by atoms with E-state index in [1.165, 1.54) is 0 Å². The highest BCUT2D eigenvalue weighted by Gasteiger charge is 2.34. The largest absolute Gasteiger partial charge is 0.419 e. The molecular formula is C17H20F4N6O. The summed E-state index contributed by atoms with van der Waals surface area (Å²) in [6, 6.07) is 2.98. The second-order valence-electron chi connectivity index (χ2n) is 5.91. The van der Waals surface area contributed by atoms with Gasteiger partial charge in [0.15, 0.2) is 0 Å². The van der Waals surface area contributed by atoms with Gasteiger partial charge in [0, 0.05) is 24.0 Å². The number of aryl methyl sites for hydroxylation is 1. The molecule has 7 nitrogen and oxygen atoms in total. The number of nitrogens with two attached hydrogens (primary N) is 1. The van der Waals surface area contributed by atoms with Gasteiger partial charge in [-0.15, -0.1) is 0 Å². The molecule has 1 aromatic carbocycles. The number of nitrogens with zero attached hydrogens (tertiary/aromatic N) is 2. The zero-order chi connectivity index (χ0) is 20.7. The zero-order valence-electron chi connectivity index (χ0n) is 15.0. The Morgan fingerprint density at radius 1 is 1.14 bits per heavy atom. The first-order chi connectivity index (χ1) is 13.2. The van der Waals surface area contributed by atoms with Crippen LogP contribution in [0.15, 0.2) is 24.3 Å². The van der Waals surface area contributed by atoms with Crippen LogP contribution < -0.4 is 21.7 Å². The van der Waals surface area contributed by atoms with Crippen LogP contribution in [0.4, 0.5) is 39.8 Å². The fourth-order valence-corrected chi connectivity index (χ4v) is 2.28. The summed E-state index contributed by atoms with van der Waals surface area (Å²) >= 11 is 0. The third-order valence-electron chi connectivity index (χ3n) is 3.55. The van der Waals surface area contributed by atoms with E-state index in [0.29, 0.717) is 36.7 Å². The van der Waals surface area contributed by atoms with Crippen molar-refractivity contribution < 1.29 is 22.4 Å². The highest BCUT2D eigenvalue weighted by atomic mass is 19.4. The second kappa shape index (κ2) is 9.31. The van der Waals surface area contributed by atoms with Gasteiger partial charge in [0.1, 0.15) is 11.6 Å². The van der Waals surface area contributed by atoms with E-state index in [2.05, 4.69) is 25.9 Å². The standard InChI is InChI=1S/C17H20F4N6O/c1-10-8-14(23-7-3-2-6-22)26-15(24-10)27-16(28)25-11-4-5-13(18)12(9-11)17(19,20)21/h4-5,8-9H,2-3,6-7,22H2,1H3,(H3,23,24,25,26,27,28). The molecule has 28 heavy (non-hydrogen) atoms. The van der Waals surface area contributed by atoms with E-state index in [0.717, 1.165) is 18.9 Å². The van der Waals surface area contributed by atoms with Crippen molar-refractivity contribution in [2.45, 2.75) is 25.9 Å². The number of alkyl halides is 3. The van der Waals surface area contributed by atoms with Crippen LogP contribution in [0.2, 0.25) is 0 Å². The molecule has 0 bridgehead atoms. The van der Waals surface area contributed by atoms with Crippen molar-refractivity contribution in [2.24, 2.45) is 5.73 Å². The highest BCUT2D eigenvalue weighted by molar-refractivity contribution is 5.98. The fourth-order valence-electron chi connectivity index (χ4n) is 2.28. The van der Waals surface area contributed by atoms with Crippen molar-refractivity contribution in [2.75, 3.05) is 29.0 Å². The normalized spacial score (nSPS) is 11.2. The van der Waals surface area contributed by atoms with E-state index in [4.69, 9.17) is 5.73 Å². The monoisotopic (exact) mass is 400 g/mol. The molecule has 11 heteroatoms. The summed E-state index contributed by atoms with van der Waals surface area (Å²) in [6.07, 6.45) is -3.18. The van der Waals surface area contributed by atoms with Gasteiger partial charge in [0.05, 0.1) is 5.56 Å². The first kappa shape index (κ1) is 21.4. The molecule has 152 valence electrons. The number of aromatic nitrogens is 2. The Bertz CT molecular complexity index is 828. The fraction of sp³-hybridized carbons (Fsp3) is 0.353. The topological polar surface area (TPSA) is 105 Å². The summed E-state index contributed by atoms with van der Waals surface area (Å²) < 4.78 is 51.6. The lowest BCUT2D eigenvalue weighted by Crippen LogP contribution is -2.22. The predicted octanol–water partition coefficient (Wildman–Crippen LogP) is 3.74. The van der Waals surface area contributed by atoms with Gasteiger partial charge in [0.25, 0.3) is 0 Å². The summed E-state index contributed by atoms with van der Waals surface area (Å²) in [7, 11) is 0. The van der Waals surface area contributed by atoms with Gasteiger partial charge in [-0.2, -0.15) is 18.2 Å². The molecule has 0 aliphatic carbocycles. The number of benzene rings is 1. The number of halogens is 4. The first-order valence-corrected chi connectivity index (χ1v) is 8.43. The van der Waals surface area contributed by atoms with Crippen LogP contribution >= 0.6 is 0 Å². The number of carbonyl (C=O) groups excluding carboxylic acids is 1. The molecule has 0 radical (unpaired) electrons. The molecule has 1 aromatic heterocycles. The van der Waals surface area contributed by atoms with Gasteiger partial charge in [-0.3, -0.25) is 5.32 Å². The minimum atomic E-state index is -4.87. The summed E-state index contributed by atoms with van der Waals surface area (Å²) in [6.45, 7) is 2.91. The van der Waals surface area contributed by atoms with Crippen molar-refractivity contribution in [3.63, 3.8) is 0 Å². The SMILES string of the molecule is Cc1cc(NCCCCN)nc(NC(=O)Nc2ccc(F)c(C(F)(F)F)c2)n1. The summed E-state index contributed by atoms with van der Waals surface area (Å²) in [5.41, 5.74) is 4.31. The minimum Gasteiger partial charge on any atom is -0.370 e. The molecular weight excluding hydrogens is 380 g/mol. The van der Waals surface area contributed by atoms with Crippen LogP contribution in [0.3, 0.4) is 0 Å². The number of urea groups is 1. The molecule has 2 rings (SSSR count). The lowest BCUT2D eigenvalue weighted by Gasteiger charge is -2.12. The van der Waals surface area contributed by atoms with Crippen molar-refractivity contribution in [3.05, 3.63) is 41.3 Å². The summed E-state index contributed by atoms with van der Waals surface area (Å²) in [5.74, 6) is -0.969. The van der Waals surface area contributed by atoms with Crippen molar-refractivity contribution >= 4 is 23.5 Å². The molecule has 0 saturated carbocycles. The third kappa shape index (κ3) is 6.34. The van der Waals surface area contributed by atoms with Gasteiger partial charge in [-0.05, 0) is 44.5 Å². The van der Waals surface area contributed by atoms with E-state index in [1.807, 2.05) is 0 Å². The van der Waals surface area contributed by atoms with Gasteiger partial charge in [0.2, 0.25) is 5.95 Å². The van der Waals surface area contributed by atoms with Crippen LogP contribution in [-0.2, 0) is 6.18 Å². The number of hydrogen-bond acceptors (Lipinski definition) is 5. The number of anilines is 3. The predicted molar refractivity (Wildman–Crippen MR) is 97.6 cm³/mol. The molecule has 1 heterocycles. The zero-order valence-corrected chi connectivity index (χ0v) is 15.0. The van der Waals surface area contributed by atoms with Gasteiger partial charge in [-0.25, -0.2) is 14.2 Å². The van der Waals surface area contributed by atoms with Crippen molar-refractivity contribution in [1.29, 1.82) is 0 Å². The summed E-state index contributed by atoms with van der Waals surface area (Å²) in [4.78, 5) is 20.2. The number of amides is 2. The molecule has 2 amide bonds. The first-order valence-electron chi connectivity index (χ1n) is 8.43. The molecule has 2 aromatic rings. The van der Waals surface area contributed by atoms with Crippen molar-refractivity contribution in [3.8, 4) is 0 Å². The molecule has 0 atom stereocenters. The Morgan fingerprint density at radius 3 is 2.57 bits per heavy atom. The second-order valence-corrected chi connectivity index (χ2v) is 5.91. The Hall–Kier alpha value is -2.95. The number of hydrogen-bond donors (Lipinski definition) is 4. The molecule has 0 spiro atoms. The molecule has 0 fully saturated rings. The molecule has 0 aliphatic rings. The number of carbonyl (C=O) groups is 1. The Morgan fingerprint density at radius 2 is 1.89 bits per heavy atom.